The summed E-state index contributed by atoms with van der Waals surface area (Å²) in [6, 6.07) is 7.90. The van der Waals surface area contributed by atoms with E-state index in [9.17, 15) is 4.79 Å². The number of hydrogen-bond donors (Lipinski definition) is 1. The topological polar surface area (TPSA) is 73.4 Å². The summed E-state index contributed by atoms with van der Waals surface area (Å²) in [5.74, 6) is -0.275. The number of benzene rings is 1. The van der Waals surface area contributed by atoms with Gasteiger partial charge >= 0.3 is 0 Å². The Morgan fingerprint density at radius 1 is 1.37 bits per heavy atom. The molecule has 1 aromatic carbocycles. The summed E-state index contributed by atoms with van der Waals surface area (Å²) >= 11 is 0. The molecule has 0 saturated carbocycles. The van der Waals surface area contributed by atoms with E-state index in [2.05, 4.69) is 15.9 Å². The molecule has 1 fully saturated rings. The van der Waals surface area contributed by atoms with E-state index < -0.39 is 0 Å². The predicted molar refractivity (Wildman–Crippen MR) is 73.7 cm³/mol. The molecule has 0 atom stereocenters. The van der Waals surface area contributed by atoms with Crippen molar-refractivity contribution in [3.05, 3.63) is 29.3 Å². The van der Waals surface area contributed by atoms with Gasteiger partial charge < -0.3 is 10.6 Å². The third kappa shape index (κ3) is 3.24. The Bertz CT molecular complexity index is 513. The fraction of sp³-hybridized carbons (Fsp3) is 0.429. The average Bonchev–Trinajstić information content (AvgIpc) is 2.39. The van der Waals surface area contributed by atoms with Crippen LogP contribution < -0.4 is 10.6 Å². The fourth-order valence-corrected chi connectivity index (χ4v) is 2.45. The van der Waals surface area contributed by atoms with Crippen LogP contribution in [0.5, 0.6) is 0 Å². The Morgan fingerprint density at radius 3 is 2.58 bits per heavy atom. The van der Waals surface area contributed by atoms with Gasteiger partial charge in [0.1, 0.15) is 0 Å². The summed E-state index contributed by atoms with van der Waals surface area (Å²) in [7, 11) is 0. The van der Waals surface area contributed by atoms with E-state index in [1.165, 1.54) is 0 Å². The van der Waals surface area contributed by atoms with E-state index in [1.807, 2.05) is 25.1 Å². The molecule has 19 heavy (non-hydrogen) atoms. The standard InChI is InChI=1S/C14H18N4O/c1-11-8-12(9-15)2-3-13(11)18-6-4-17(5-7-18)10-14(16)19/h2-3,8H,4-7,10H2,1H3,(H2,16,19). The van der Waals surface area contributed by atoms with Crippen molar-refractivity contribution in [1.82, 2.24) is 4.90 Å². The van der Waals surface area contributed by atoms with E-state index in [-0.39, 0.29) is 5.91 Å². The van der Waals surface area contributed by atoms with Crippen LogP contribution in [0.3, 0.4) is 0 Å². The molecule has 1 amide bonds. The summed E-state index contributed by atoms with van der Waals surface area (Å²) < 4.78 is 0. The van der Waals surface area contributed by atoms with Crippen molar-refractivity contribution in [2.75, 3.05) is 37.6 Å². The Kier molecular flexibility index (Phi) is 4.03. The molecule has 1 aliphatic heterocycles. The van der Waals surface area contributed by atoms with Gasteiger partial charge in [-0.25, -0.2) is 0 Å². The number of carbonyl (C=O) groups excluding carboxylic acids is 1. The maximum absolute atomic E-state index is 10.9. The van der Waals surface area contributed by atoms with Crippen LogP contribution >= 0.6 is 0 Å². The number of anilines is 1. The van der Waals surface area contributed by atoms with Gasteiger partial charge in [0.15, 0.2) is 0 Å². The number of aryl methyl sites for hydroxylation is 1. The number of primary amides is 1. The van der Waals surface area contributed by atoms with Crippen molar-refractivity contribution >= 4 is 11.6 Å². The Labute approximate surface area is 113 Å². The minimum Gasteiger partial charge on any atom is -0.369 e. The van der Waals surface area contributed by atoms with Crippen LogP contribution in [-0.2, 0) is 4.79 Å². The zero-order valence-corrected chi connectivity index (χ0v) is 11.1. The number of amides is 1. The number of nitrogens with zero attached hydrogens (tertiary/aromatic N) is 3. The van der Waals surface area contributed by atoms with Gasteiger partial charge in [0.25, 0.3) is 0 Å². The summed E-state index contributed by atoms with van der Waals surface area (Å²) in [5.41, 5.74) is 8.17. The van der Waals surface area contributed by atoms with Crippen molar-refractivity contribution in [1.29, 1.82) is 5.26 Å². The Morgan fingerprint density at radius 2 is 2.05 bits per heavy atom. The molecule has 0 unspecified atom stereocenters. The number of nitriles is 1. The third-order valence-electron chi connectivity index (χ3n) is 3.42. The van der Waals surface area contributed by atoms with Crippen LogP contribution in [0.2, 0.25) is 0 Å². The van der Waals surface area contributed by atoms with Crippen molar-refractivity contribution in [2.24, 2.45) is 5.73 Å². The quantitative estimate of drug-likeness (QED) is 0.855. The maximum Gasteiger partial charge on any atom is 0.231 e. The van der Waals surface area contributed by atoms with Gasteiger partial charge in [0.2, 0.25) is 5.91 Å². The van der Waals surface area contributed by atoms with Gasteiger partial charge in [-0.05, 0) is 30.7 Å². The smallest absolute Gasteiger partial charge is 0.231 e. The minimum atomic E-state index is -0.275. The van der Waals surface area contributed by atoms with Crippen molar-refractivity contribution < 1.29 is 4.79 Å². The molecule has 1 aromatic rings. The maximum atomic E-state index is 10.9. The van der Waals surface area contributed by atoms with Crippen molar-refractivity contribution in [3.63, 3.8) is 0 Å². The molecule has 0 spiro atoms. The fourth-order valence-electron chi connectivity index (χ4n) is 2.45. The highest BCUT2D eigenvalue weighted by Gasteiger charge is 2.19. The van der Waals surface area contributed by atoms with E-state index in [4.69, 9.17) is 11.0 Å². The normalized spacial score (nSPS) is 16.1. The second kappa shape index (κ2) is 5.72. The van der Waals surface area contributed by atoms with E-state index in [0.717, 1.165) is 37.4 Å². The monoisotopic (exact) mass is 258 g/mol. The second-order valence-electron chi connectivity index (χ2n) is 4.84. The summed E-state index contributed by atoms with van der Waals surface area (Å²) in [6.07, 6.45) is 0. The highest BCUT2D eigenvalue weighted by atomic mass is 16.1. The van der Waals surface area contributed by atoms with E-state index in [0.29, 0.717) is 12.1 Å². The van der Waals surface area contributed by atoms with Gasteiger partial charge in [0.05, 0.1) is 18.2 Å². The molecule has 5 heteroatoms. The third-order valence-corrected chi connectivity index (χ3v) is 3.42. The molecule has 1 heterocycles. The molecular weight excluding hydrogens is 240 g/mol. The molecule has 1 aliphatic rings. The average molecular weight is 258 g/mol. The molecule has 0 aliphatic carbocycles. The molecule has 100 valence electrons. The van der Waals surface area contributed by atoms with Crippen LogP contribution in [0.25, 0.3) is 0 Å². The lowest BCUT2D eigenvalue weighted by Gasteiger charge is -2.36. The molecule has 0 aromatic heterocycles. The number of nitrogens with two attached hydrogens (primary N) is 1. The molecule has 0 radical (unpaired) electrons. The van der Waals surface area contributed by atoms with E-state index in [1.54, 1.807) is 0 Å². The summed E-state index contributed by atoms with van der Waals surface area (Å²) in [6.45, 7) is 5.77. The van der Waals surface area contributed by atoms with Crippen molar-refractivity contribution in [3.8, 4) is 6.07 Å². The van der Waals surface area contributed by atoms with Gasteiger partial charge in [-0.2, -0.15) is 5.26 Å². The first-order chi connectivity index (χ1) is 9.10. The van der Waals surface area contributed by atoms with Crippen LogP contribution in [-0.4, -0.2) is 43.5 Å². The van der Waals surface area contributed by atoms with Crippen molar-refractivity contribution in [2.45, 2.75) is 6.92 Å². The largest absolute Gasteiger partial charge is 0.369 e. The zero-order chi connectivity index (χ0) is 13.8. The Hall–Kier alpha value is -2.06. The van der Waals surface area contributed by atoms with Crippen LogP contribution in [0.4, 0.5) is 5.69 Å². The number of carbonyl (C=O) groups is 1. The van der Waals surface area contributed by atoms with Gasteiger partial charge in [0, 0.05) is 31.9 Å². The summed E-state index contributed by atoms with van der Waals surface area (Å²) in [4.78, 5) is 15.2. The molecule has 0 bridgehead atoms. The first-order valence-corrected chi connectivity index (χ1v) is 6.36. The molecular formula is C14H18N4O. The second-order valence-corrected chi connectivity index (χ2v) is 4.84. The van der Waals surface area contributed by atoms with Crippen LogP contribution in [0.15, 0.2) is 18.2 Å². The lowest BCUT2D eigenvalue weighted by Crippen LogP contribution is -2.49. The number of hydrogen-bond acceptors (Lipinski definition) is 4. The van der Waals surface area contributed by atoms with Gasteiger partial charge in [-0.3, -0.25) is 9.69 Å². The van der Waals surface area contributed by atoms with Gasteiger partial charge in [-0.15, -0.1) is 0 Å². The van der Waals surface area contributed by atoms with Crippen LogP contribution in [0, 0.1) is 18.3 Å². The first-order valence-electron chi connectivity index (χ1n) is 6.36. The first kappa shape index (κ1) is 13.4. The lowest BCUT2D eigenvalue weighted by molar-refractivity contribution is -0.119. The highest BCUT2D eigenvalue weighted by Crippen LogP contribution is 2.22. The molecule has 2 N–H and O–H groups in total. The molecule has 1 saturated heterocycles. The van der Waals surface area contributed by atoms with E-state index >= 15 is 0 Å². The Balaban J connectivity index is 2.02. The highest BCUT2D eigenvalue weighted by molar-refractivity contribution is 5.76. The lowest BCUT2D eigenvalue weighted by atomic mass is 10.1. The summed E-state index contributed by atoms with van der Waals surface area (Å²) in [5, 5.41) is 8.87. The van der Waals surface area contributed by atoms with Crippen LogP contribution in [0.1, 0.15) is 11.1 Å². The predicted octanol–water partition coefficient (Wildman–Crippen LogP) is 0.474. The SMILES string of the molecule is Cc1cc(C#N)ccc1N1CCN(CC(N)=O)CC1. The van der Waals surface area contributed by atoms with Gasteiger partial charge in [-0.1, -0.05) is 0 Å². The molecule has 5 nitrogen and oxygen atoms in total. The number of rotatable bonds is 3. The molecule has 2 rings (SSSR count). The number of piperazine rings is 1. The zero-order valence-electron chi connectivity index (χ0n) is 11.1. The minimum absolute atomic E-state index is 0.275.